The van der Waals surface area contributed by atoms with Gasteiger partial charge in [0.1, 0.15) is 0 Å². The first kappa shape index (κ1) is 13.8. The molecule has 2 aliphatic carbocycles. The molecule has 2 fully saturated rings. The second-order valence-electron chi connectivity index (χ2n) is 5.53. The molecule has 2 N–H and O–H groups in total. The van der Waals surface area contributed by atoms with E-state index >= 15 is 0 Å². The van der Waals surface area contributed by atoms with Crippen molar-refractivity contribution in [3.05, 3.63) is 0 Å². The number of hydrogen-bond acceptors (Lipinski definition) is 4. The zero-order chi connectivity index (χ0) is 13.8. The van der Waals surface area contributed by atoms with Crippen molar-refractivity contribution >= 4 is 17.8 Å². The van der Waals surface area contributed by atoms with Crippen LogP contribution in [0.1, 0.15) is 39.0 Å². The molecule has 2 saturated carbocycles. The Kier molecular flexibility index (Phi) is 4.39. The quantitative estimate of drug-likeness (QED) is 0.575. The van der Waals surface area contributed by atoms with Crippen LogP contribution < -0.4 is 10.9 Å². The molecule has 2 amide bonds. The SMILES string of the molecule is CC(=O)NNC(=O)COC(=O)C[C@@H]1C[C@H]2CC[C@@H]1C2. The largest absolute Gasteiger partial charge is 0.455 e. The van der Waals surface area contributed by atoms with Crippen LogP contribution in [0.25, 0.3) is 0 Å². The van der Waals surface area contributed by atoms with Crippen molar-refractivity contribution in [3.8, 4) is 0 Å². The lowest BCUT2D eigenvalue weighted by atomic mass is 9.86. The Bertz CT molecular complexity index is 383. The summed E-state index contributed by atoms with van der Waals surface area (Å²) < 4.78 is 4.90. The molecule has 0 saturated heterocycles. The molecule has 0 aromatic rings. The fraction of sp³-hybridized carbons (Fsp3) is 0.769. The topological polar surface area (TPSA) is 84.5 Å². The summed E-state index contributed by atoms with van der Waals surface area (Å²) in [5.74, 6) is 0.676. The van der Waals surface area contributed by atoms with Gasteiger partial charge in [-0.15, -0.1) is 0 Å². The summed E-state index contributed by atoms with van der Waals surface area (Å²) in [6.45, 7) is 0.932. The fourth-order valence-corrected chi connectivity index (χ4v) is 3.24. The van der Waals surface area contributed by atoms with Gasteiger partial charge in [-0.2, -0.15) is 0 Å². The van der Waals surface area contributed by atoms with Crippen molar-refractivity contribution in [1.29, 1.82) is 0 Å². The molecule has 0 aromatic heterocycles. The van der Waals surface area contributed by atoms with Crippen molar-refractivity contribution in [2.75, 3.05) is 6.61 Å². The average molecular weight is 268 g/mol. The summed E-state index contributed by atoms with van der Waals surface area (Å²) in [6.07, 6.45) is 5.31. The normalized spacial score (nSPS) is 27.9. The lowest BCUT2D eigenvalue weighted by molar-refractivity contribution is -0.150. The molecule has 19 heavy (non-hydrogen) atoms. The molecular formula is C13H20N2O4. The van der Waals surface area contributed by atoms with Crippen molar-refractivity contribution in [1.82, 2.24) is 10.9 Å². The standard InChI is InChI=1S/C13H20N2O4/c1-8(16)14-15-12(17)7-19-13(18)6-11-5-9-2-3-10(11)4-9/h9-11H,2-7H2,1H3,(H,14,16)(H,15,17)/t9-,10+,11-/m0/s1. The molecule has 0 unspecified atom stereocenters. The molecule has 0 heterocycles. The van der Waals surface area contributed by atoms with Crippen LogP contribution in [0, 0.1) is 17.8 Å². The highest BCUT2D eigenvalue weighted by Gasteiger charge is 2.40. The van der Waals surface area contributed by atoms with Gasteiger partial charge in [0.2, 0.25) is 5.91 Å². The maximum atomic E-state index is 11.6. The zero-order valence-corrected chi connectivity index (χ0v) is 11.1. The van der Waals surface area contributed by atoms with Gasteiger partial charge < -0.3 is 4.74 Å². The van der Waals surface area contributed by atoms with Crippen molar-refractivity contribution in [2.24, 2.45) is 17.8 Å². The number of carbonyl (C=O) groups excluding carboxylic acids is 3. The average Bonchev–Trinajstić information content (AvgIpc) is 2.96. The predicted octanol–water partition coefficient (Wildman–Crippen LogP) is 0.523. The molecule has 2 bridgehead atoms. The number of carbonyl (C=O) groups is 3. The maximum absolute atomic E-state index is 11.6. The summed E-state index contributed by atoms with van der Waals surface area (Å²) in [6, 6.07) is 0. The van der Waals surface area contributed by atoms with E-state index in [1.165, 1.54) is 26.2 Å². The van der Waals surface area contributed by atoms with Crippen LogP contribution in [0.2, 0.25) is 0 Å². The van der Waals surface area contributed by atoms with E-state index in [1.807, 2.05) is 0 Å². The lowest BCUT2D eigenvalue weighted by Crippen LogP contribution is -2.42. The summed E-state index contributed by atoms with van der Waals surface area (Å²) in [4.78, 5) is 33.4. The molecule has 6 heteroatoms. The third kappa shape index (κ3) is 3.94. The van der Waals surface area contributed by atoms with E-state index in [9.17, 15) is 14.4 Å². The van der Waals surface area contributed by atoms with Gasteiger partial charge in [-0.1, -0.05) is 6.42 Å². The van der Waals surface area contributed by atoms with E-state index in [2.05, 4.69) is 10.9 Å². The van der Waals surface area contributed by atoms with Gasteiger partial charge in [0.05, 0.1) is 0 Å². The minimum absolute atomic E-state index is 0.324. The molecule has 0 aliphatic heterocycles. The minimum Gasteiger partial charge on any atom is -0.455 e. The van der Waals surface area contributed by atoms with Crippen LogP contribution >= 0.6 is 0 Å². The van der Waals surface area contributed by atoms with Crippen molar-refractivity contribution < 1.29 is 19.1 Å². The third-order valence-electron chi connectivity index (χ3n) is 4.06. The highest BCUT2D eigenvalue weighted by atomic mass is 16.5. The van der Waals surface area contributed by atoms with Crippen LogP contribution in [0.15, 0.2) is 0 Å². The first-order chi connectivity index (χ1) is 9.04. The van der Waals surface area contributed by atoms with E-state index in [4.69, 9.17) is 4.74 Å². The Balaban J connectivity index is 1.62. The molecule has 3 atom stereocenters. The van der Waals surface area contributed by atoms with Gasteiger partial charge in [0.25, 0.3) is 5.91 Å². The minimum atomic E-state index is -0.531. The highest BCUT2D eigenvalue weighted by molar-refractivity contribution is 5.83. The molecule has 0 spiro atoms. The molecule has 6 nitrogen and oxygen atoms in total. The monoisotopic (exact) mass is 268 g/mol. The highest BCUT2D eigenvalue weighted by Crippen LogP contribution is 2.49. The summed E-state index contributed by atoms with van der Waals surface area (Å²) in [7, 11) is 0. The van der Waals surface area contributed by atoms with Crippen LogP contribution in [0.3, 0.4) is 0 Å². The Morgan fingerprint density at radius 1 is 1.16 bits per heavy atom. The van der Waals surface area contributed by atoms with Gasteiger partial charge >= 0.3 is 5.97 Å². The van der Waals surface area contributed by atoms with Gasteiger partial charge in [0.15, 0.2) is 6.61 Å². The van der Waals surface area contributed by atoms with Crippen LogP contribution in [0.4, 0.5) is 0 Å². The molecule has 106 valence electrons. The van der Waals surface area contributed by atoms with Gasteiger partial charge in [-0.05, 0) is 37.0 Å². The van der Waals surface area contributed by atoms with Gasteiger partial charge in [-0.25, -0.2) is 0 Å². The fourth-order valence-electron chi connectivity index (χ4n) is 3.24. The molecular weight excluding hydrogens is 248 g/mol. The molecule has 0 radical (unpaired) electrons. The maximum Gasteiger partial charge on any atom is 0.306 e. The number of hydrogen-bond donors (Lipinski definition) is 2. The summed E-state index contributed by atoms with van der Waals surface area (Å²) in [5, 5.41) is 0. The van der Waals surface area contributed by atoms with Crippen LogP contribution in [-0.2, 0) is 19.1 Å². The number of ether oxygens (including phenoxy) is 1. The Labute approximate surface area is 112 Å². The number of fused-ring (bicyclic) bond motifs is 2. The van der Waals surface area contributed by atoms with E-state index in [1.54, 1.807) is 0 Å². The van der Waals surface area contributed by atoms with E-state index in [-0.39, 0.29) is 18.5 Å². The predicted molar refractivity (Wildman–Crippen MR) is 66.5 cm³/mol. The zero-order valence-electron chi connectivity index (χ0n) is 11.1. The Morgan fingerprint density at radius 3 is 2.53 bits per heavy atom. The third-order valence-corrected chi connectivity index (χ3v) is 4.06. The van der Waals surface area contributed by atoms with Crippen molar-refractivity contribution in [3.63, 3.8) is 0 Å². The van der Waals surface area contributed by atoms with Gasteiger partial charge in [0, 0.05) is 13.3 Å². The Morgan fingerprint density at radius 2 is 1.95 bits per heavy atom. The van der Waals surface area contributed by atoms with E-state index < -0.39 is 5.91 Å². The smallest absolute Gasteiger partial charge is 0.306 e. The number of amides is 2. The van der Waals surface area contributed by atoms with E-state index in [0.717, 1.165) is 12.3 Å². The molecule has 2 aliphatic rings. The first-order valence-electron chi connectivity index (χ1n) is 6.75. The van der Waals surface area contributed by atoms with Crippen LogP contribution in [-0.4, -0.2) is 24.4 Å². The Hall–Kier alpha value is -1.59. The summed E-state index contributed by atoms with van der Waals surface area (Å²) >= 11 is 0. The second-order valence-corrected chi connectivity index (χ2v) is 5.53. The summed E-state index contributed by atoms with van der Waals surface area (Å²) in [5.41, 5.74) is 4.28. The lowest BCUT2D eigenvalue weighted by Gasteiger charge is -2.20. The molecule has 2 rings (SSSR count). The van der Waals surface area contributed by atoms with Crippen molar-refractivity contribution in [2.45, 2.75) is 39.0 Å². The number of hydrazine groups is 1. The number of nitrogens with one attached hydrogen (secondary N) is 2. The molecule has 0 aromatic carbocycles. The van der Waals surface area contributed by atoms with Gasteiger partial charge in [-0.3, -0.25) is 25.2 Å². The number of esters is 1. The first-order valence-corrected chi connectivity index (χ1v) is 6.75. The van der Waals surface area contributed by atoms with E-state index in [0.29, 0.717) is 18.3 Å². The second kappa shape index (κ2) is 6.04. The van der Waals surface area contributed by atoms with Crippen LogP contribution in [0.5, 0.6) is 0 Å². The number of rotatable bonds is 4.